The summed E-state index contributed by atoms with van der Waals surface area (Å²) in [6, 6.07) is -0.357. The maximum atomic E-state index is 12.0. The van der Waals surface area contributed by atoms with Crippen molar-refractivity contribution in [3.8, 4) is 0 Å². The maximum absolute atomic E-state index is 12.0. The summed E-state index contributed by atoms with van der Waals surface area (Å²) in [4.78, 5) is 34.9. The number of carbonyl (C=O) groups excluding carboxylic acids is 3. The molecule has 1 heterocycles. The fourth-order valence-corrected chi connectivity index (χ4v) is 2.42. The maximum Gasteiger partial charge on any atom is 0.407 e. The van der Waals surface area contributed by atoms with Gasteiger partial charge < -0.3 is 14.8 Å². The van der Waals surface area contributed by atoms with Gasteiger partial charge in [-0.25, -0.2) is 4.79 Å². The first-order valence-electron chi connectivity index (χ1n) is 7.11. The first-order valence-corrected chi connectivity index (χ1v) is 7.11. The molecule has 1 unspecified atom stereocenters. The van der Waals surface area contributed by atoms with E-state index in [9.17, 15) is 14.4 Å². The Labute approximate surface area is 125 Å². The minimum absolute atomic E-state index is 0.115. The second kappa shape index (κ2) is 6.03. The highest BCUT2D eigenvalue weighted by Gasteiger charge is 2.40. The molecule has 120 valence electrons. The predicted molar refractivity (Wildman–Crippen MR) is 76.4 cm³/mol. The Morgan fingerprint density at radius 2 is 1.62 bits per heavy atom. The standard InChI is InChI=1S/C15H25NO5/c1-14(2,3)12(16-13(19)21-15(4,5)6)9-7-10(17)20-11(18)8-9/h9,12H,7-8H2,1-6H3,(H,16,19). The molecule has 0 aromatic heterocycles. The number of esters is 2. The van der Waals surface area contributed by atoms with Crippen LogP contribution in [0.15, 0.2) is 0 Å². The molecule has 1 saturated heterocycles. The number of ether oxygens (including phenoxy) is 2. The molecule has 1 fully saturated rings. The molecule has 0 aromatic rings. The van der Waals surface area contributed by atoms with E-state index in [1.54, 1.807) is 20.8 Å². The van der Waals surface area contributed by atoms with Crippen LogP contribution in [0.5, 0.6) is 0 Å². The van der Waals surface area contributed by atoms with Crippen molar-refractivity contribution >= 4 is 18.0 Å². The molecule has 6 heteroatoms. The van der Waals surface area contributed by atoms with Gasteiger partial charge in [-0.3, -0.25) is 9.59 Å². The molecule has 6 nitrogen and oxygen atoms in total. The summed E-state index contributed by atoms with van der Waals surface area (Å²) in [5.41, 5.74) is -0.923. The summed E-state index contributed by atoms with van der Waals surface area (Å²) in [6.45, 7) is 11.2. The molecule has 1 amide bonds. The molecule has 0 spiro atoms. The van der Waals surface area contributed by atoms with Crippen molar-refractivity contribution in [1.29, 1.82) is 0 Å². The fourth-order valence-electron chi connectivity index (χ4n) is 2.42. The lowest BCUT2D eigenvalue weighted by Crippen LogP contribution is -2.52. The van der Waals surface area contributed by atoms with E-state index in [0.29, 0.717) is 0 Å². The van der Waals surface area contributed by atoms with Crippen LogP contribution in [0.2, 0.25) is 0 Å². The minimum Gasteiger partial charge on any atom is -0.444 e. The topological polar surface area (TPSA) is 81.7 Å². The number of hydrogen-bond donors (Lipinski definition) is 1. The van der Waals surface area contributed by atoms with E-state index in [4.69, 9.17) is 4.74 Å². The van der Waals surface area contributed by atoms with Crippen molar-refractivity contribution in [2.45, 2.75) is 66.0 Å². The van der Waals surface area contributed by atoms with Crippen LogP contribution in [0.4, 0.5) is 4.79 Å². The Hall–Kier alpha value is -1.59. The molecule has 1 atom stereocenters. The highest BCUT2D eigenvalue weighted by atomic mass is 16.6. The second-order valence-corrected chi connectivity index (χ2v) is 7.50. The summed E-state index contributed by atoms with van der Waals surface area (Å²) < 4.78 is 9.80. The average Bonchev–Trinajstić information content (AvgIpc) is 2.20. The normalized spacial score (nSPS) is 19.0. The minimum atomic E-state index is -0.603. The zero-order valence-electron chi connectivity index (χ0n) is 13.6. The molecule has 0 aromatic carbocycles. The lowest BCUT2D eigenvalue weighted by atomic mass is 9.75. The lowest BCUT2D eigenvalue weighted by molar-refractivity contribution is -0.166. The van der Waals surface area contributed by atoms with E-state index in [-0.39, 0.29) is 30.2 Å². The van der Waals surface area contributed by atoms with Gasteiger partial charge in [0.15, 0.2) is 0 Å². The number of nitrogens with one attached hydrogen (secondary N) is 1. The van der Waals surface area contributed by atoms with Gasteiger partial charge >= 0.3 is 18.0 Å². The van der Waals surface area contributed by atoms with Crippen molar-refractivity contribution in [3.05, 3.63) is 0 Å². The zero-order chi connectivity index (χ0) is 16.4. The number of carbonyl (C=O) groups is 3. The lowest BCUT2D eigenvalue weighted by Gasteiger charge is -2.38. The van der Waals surface area contributed by atoms with E-state index in [1.807, 2.05) is 20.8 Å². The van der Waals surface area contributed by atoms with Gasteiger partial charge in [-0.2, -0.15) is 0 Å². The van der Waals surface area contributed by atoms with Crippen molar-refractivity contribution in [1.82, 2.24) is 5.32 Å². The van der Waals surface area contributed by atoms with Crippen LogP contribution in [-0.4, -0.2) is 29.7 Å². The quantitative estimate of drug-likeness (QED) is 0.625. The molecular weight excluding hydrogens is 274 g/mol. The van der Waals surface area contributed by atoms with Crippen LogP contribution in [0.3, 0.4) is 0 Å². The molecule has 1 aliphatic heterocycles. The van der Waals surface area contributed by atoms with Crippen LogP contribution < -0.4 is 5.32 Å². The monoisotopic (exact) mass is 299 g/mol. The molecule has 0 aliphatic carbocycles. The Morgan fingerprint density at radius 1 is 1.14 bits per heavy atom. The van der Waals surface area contributed by atoms with Crippen LogP contribution in [0.25, 0.3) is 0 Å². The summed E-state index contributed by atoms with van der Waals surface area (Å²) in [6.07, 6.45) is -0.318. The largest absolute Gasteiger partial charge is 0.444 e. The summed E-state index contributed by atoms with van der Waals surface area (Å²) in [5.74, 6) is -1.38. The SMILES string of the molecule is CC(C)(C)OC(=O)NC(C1CC(=O)OC(=O)C1)C(C)(C)C. The van der Waals surface area contributed by atoms with E-state index in [0.717, 1.165) is 0 Å². The zero-order valence-corrected chi connectivity index (χ0v) is 13.6. The molecule has 0 bridgehead atoms. The first-order chi connectivity index (χ1) is 9.38. The van der Waals surface area contributed by atoms with Crippen molar-refractivity contribution in [2.24, 2.45) is 11.3 Å². The van der Waals surface area contributed by atoms with Crippen LogP contribution >= 0.6 is 0 Å². The molecule has 1 rings (SSSR count). The van der Waals surface area contributed by atoms with Crippen LogP contribution in [0, 0.1) is 11.3 Å². The average molecular weight is 299 g/mol. The van der Waals surface area contributed by atoms with Crippen molar-refractivity contribution < 1.29 is 23.9 Å². The summed E-state index contributed by atoms with van der Waals surface area (Å²) in [5, 5.41) is 2.80. The molecule has 21 heavy (non-hydrogen) atoms. The number of hydrogen-bond acceptors (Lipinski definition) is 5. The number of cyclic esters (lactones) is 2. The third-order valence-corrected chi connectivity index (χ3v) is 3.16. The summed E-state index contributed by atoms with van der Waals surface area (Å²) in [7, 11) is 0. The van der Waals surface area contributed by atoms with Crippen molar-refractivity contribution in [3.63, 3.8) is 0 Å². The molecule has 0 saturated carbocycles. The molecule has 1 aliphatic rings. The first kappa shape index (κ1) is 17.5. The smallest absolute Gasteiger partial charge is 0.407 e. The third kappa shape index (κ3) is 5.73. The van der Waals surface area contributed by atoms with Crippen molar-refractivity contribution in [2.75, 3.05) is 0 Å². The van der Waals surface area contributed by atoms with Gasteiger partial charge in [-0.15, -0.1) is 0 Å². The number of rotatable bonds is 2. The van der Waals surface area contributed by atoms with E-state index in [1.165, 1.54) is 0 Å². The Bertz CT molecular complexity index is 414. The van der Waals surface area contributed by atoms with Gasteiger partial charge in [-0.05, 0) is 26.2 Å². The van der Waals surface area contributed by atoms with E-state index in [2.05, 4.69) is 10.1 Å². The van der Waals surface area contributed by atoms with Gasteiger partial charge in [0.25, 0.3) is 0 Å². The number of amides is 1. The van der Waals surface area contributed by atoms with Crippen LogP contribution in [0.1, 0.15) is 54.4 Å². The Morgan fingerprint density at radius 3 is 2.00 bits per heavy atom. The molecule has 0 radical (unpaired) electrons. The third-order valence-electron chi connectivity index (χ3n) is 3.16. The summed E-state index contributed by atoms with van der Waals surface area (Å²) >= 11 is 0. The van der Waals surface area contributed by atoms with Gasteiger partial charge in [-0.1, -0.05) is 20.8 Å². The Kier molecular flexibility index (Phi) is 5.02. The highest BCUT2D eigenvalue weighted by molar-refractivity contribution is 5.88. The predicted octanol–water partition coefficient (Wildman–Crippen LogP) is 2.41. The molecule has 1 N–H and O–H groups in total. The van der Waals surface area contributed by atoms with Gasteiger partial charge in [0.1, 0.15) is 5.60 Å². The second-order valence-electron chi connectivity index (χ2n) is 7.50. The Balaban J connectivity index is 2.84. The van der Waals surface area contributed by atoms with E-state index < -0.39 is 23.6 Å². The van der Waals surface area contributed by atoms with Gasteiger partial charge in [0, 0.05) is 12.0 Å². The number of alkyl carbamates (subject to hydrolysis) is 1. The van der Waals surface area contributed by atoms with Gasteiger partial charge in [0.2, 0.25) is 0 Å². The van der Waals surface area contributed by atoms with Gasteiger partial charge in [0.05, 0.1) is 12.8 Å². The van der Waals surface area contributed by atoms with Crippen LogP contribution in [-0.2, 0) is 19.1 Å². The fraction of sp³-hybridized carbons (Fsp3) is 0.800. The molecular formula is C15H25NO5. The highest BCUT2D eigenvalue weighted by Crippen LogP contribution is 2.32. The van der Waals surface area contributed by atoms with E-state index >= 15 is 0 Å².